The van der Waals surface area contributed by atoms with Gasteiger partial charge in [-0.25, -0.2) is 4.79 Å². The van der Waals surface area contributed by atoms with Crippen molar-refractivity contribution >= 4 is 17.6 Å². The fourth-order valence-corrected chi connectivity index (χ4v) is 3.36. The second-order valence-electron chi connectivity index (χ2n) is 6.67. The van der Waals surface area contributed by atoms with Crippen molar-refractivity contribution < 1.29 is 23.8 Å². The highest BCUT2D eigenvalue weighted by Crippen LogP contribution is 2.35. The van der Waals surface area contributed by atoms with Gasteiger partial charge in [-0.05, 0) is 30.2 Å². The molecule has 31 heavy (non-hydrogen) atoms. The van der Waals surface area contributed by atoms with Gasteiger partial charge in [-0.3, -0.25) is 4.79 Å². The number of benzene rings is 3. The number of nitrogens with one attached hydrogen (secondary N) is 1. The number of carbonyl (C=O) groups is 2. The predicted molar refractivity (Wildman–Crippen MR) is 118 cm³/mol. The van der Waals surface area contributed by atoms with Gasteiger partial charge in [0, 0.05) is 6.61 Å². The van der Waals surface area contributed by atoms with Gasteiger partial charge in [-0.15, -0.1) is 0 Å². The Labute approximate surface area is 181 Å². The molecule has 0 aliphatic carbocycles. The first-order valence-corrected chi connectivity index (χ1v) is 9.97. The van der Waals surface area contributed by atoms with E-state index in [-0.39, 0.29) is 6.61 Å². The van der Waals surface area contributed by atoms with Gasteiger partial charge < -0.3 is 19.5 Å². The summed E-state index contributed by atoms with van der Waals surface area (Å²) in [5.74, 6) is -0.634. The molecule has 1 amide bonds. The Kier molecular flexibility index (Phi) is 7.40. The van der Waals surface area contributed by atoms with Crippen molar-refractivity contribution in [1.29, 1.82) is 0 Å². The van der Waals surface area contributed by atoms with Gasteiger partial charge in [0.15, 0.2) is 6.61 Å². The van der Waals surface area contributed by atoms with Crippen LogP contribution < -0.4 is 10.1 Å². The summed E-state index contributed by atoms with van der Waals surface area (Å²) < 4.78 is 16.7. The number of amides is 1. The van der Waals surface area contributed by atoms with Crippen LogP contribution in [-0.2, 0) is 24.7 Å². The molecule has 0 atom stereocenters. The number of rotatable bonds is 9. The van der Waals surface area contributed by atoms with Crippen LogP contribution in [0.3, 0.4) is 0 Å². The highest BCUT2D eigenvalue weighted by molar-refractivity contribution is 5.95. The minimum atomic E-state index is -1.48. The highest BCUT2D eigenvalue weighted by Gasteiger charge is 2.45. The monoisotopic (exact) mass is 419 g/mol. The van der Waals surface area contributed by atoms with Crippen LogP contribution in [0.15, 0.2) is 84.9 Å². The number of anilines is 1. The van der Waals surface area contributed by atoms with Crippen molar-refractivity contribution in [1.82, 2.24) is 0 Å². The Morgan fingerprint density at radius 2 is 1.39 bits per heavy atom. The maximum absolute atomic E-state index is 13.4. The lowest BCUT2D eigenvalue weighted by molar-refractivity contribution is -0.169. The van der Waals surface area contributed by atoms with E-state index in [9.17, 15) is 9.59 Å². The molecule has 0 radical (unpaired) electrons. The van der Waals surface area contributed by atoms with Crippen LogP contribution in [0.25, 0.3) is 0 Å². The summed E-state index contributed by atoms with van der Waals surface area (Å²) >= 11 is 0. The third-order valence-electron chi connectivity index (χ3n) is 4.72. The maximum atomic E-state index is 13.4. The molecule has 3 aromatic rings. The number of methoxy groups -OCH3 is 1. The topological polar surface area (TPSA) is 73.9 Å². The average molecular weight is 419 g/mol. The minimum Gasteiger partial charge on any atom is -0.495 e. The lowest BCUT2D eigenvalue weighted by atomic mass is 9.86. The highest BCUT2D eigenvalue weighted by atomic mass is 16.6. The summed E-state index contributed by atoms with van der Waals surface area (Å²) in [5, 5.41) is 2.70. The van der Waals surface area contributed by atoms with Crippen molar-refractivity contribution in [3.05, 3.63) is 96.1 Å². The molecule has 1 N–H and O–H groups in total. The van der Waals surface area contributed by atoms with Crippen LogP contribution in [-0.4, -0.2) is 32.2 Å². The third kappa shape index (κ3) is 4.92. The Morgan fingerprint density at radius 1 is 0.839 bits per heavy atom. The molecular formula is C25H25NO5. The van der Waals surface area contributed by atoms with Gasteiger partial charge in [0.2, 0.25) is 5.60 Å². The fourth-order valence-electron chi connectivity index (χ4n) is 3.36. The van der Waals surface area contributed by atoms with Gasteiger partial charge in [-0.1, -0.05) is 72.8 Å². The lowest BCUT2D eigenvalue weighted by Gasteiger charge is -2.32. The Bertz CT molecular complexity index is 965. The van der Waals surface area contributed by atoms with E-state index in [0.29, 0.717) is 22.6 Å². The molecule has 0 saturated heterocycles. The van der Waals surface area contributed by atoms with E-state index in [1.165, 1.54) is 7.11 Å². The van der Waals surface area contributed by atoms with Gasteiger partial charge >= 0.3 is 5.97 Å². The number of carbonyl (C=O) groups excluding carboxylic acids is 2. The van der Waals surface area contributed by atoms with E-state index < -0.39 is 24.1 Å². The molecule has 0 saturated carbocycles. The molecule has 0 heterocycles. The minimum absolute atomic E-state index is 0.270. The van der Waals surface area contributed by atoms with Crippen LogP contribution in [0.1, 0.15) is 18.1 Å². The molecule has 0 spiro atoms. The molecule has 160 valence electrons. The SMILES string of the molecule is CCOC(C(=O)OCC(=O)Nc1ccccc1OC)(c1ccccc1)c1ccccc1. The van der Waals surface area contributed by atoms with Gasteiger partial charge in [0.1, 0.15) is 5.75 Å². The zero-order valence-electron chi connectivity index (χ0n) is 17.5. The smallest absolute Gasteiger partial charge is 0.348 e. The van der Waals surface area contributed by atoms with E-state index in [4.69, 9.17) is 14.2 Å². The second-order valence-corrected chi connectivity index (χ2v) is 6.67. The quantitative estimate of drug-likeness (QED) is 0.527. The van der Waals surface area contributed by atoms with Crippen molar-refractivity contribution in [3.8, 4) is 5.75 Å². The summed E-state index contributed by atoms with van der Waals surface area (Å²) in [4.78, 5) is 25.8. The zero-order chi connectivity index (χ0) is 22.1. The first-order chi connectivity index (χ1) is 15.1. The molecular weight excluding hydrogens is 394 g/mol. The molecule has 0 aromatic heterocycles. The van der Waals surface area contributed by atoms with E-state index in [0.717, 1.165) is 0 Å². The number of esters is 1. The first kappa shape index (κ1) is 22.1. The maximum Gasteiger partial charge on any atom is 0.348 e. The van der Waals surface area contributed by atoms with E-state index in [2.05, 4.69) is 5.32 Å². The number of ether oxygens (including phenoxy) is 3. The van der Waals surface area contributed by atoms with Crippen LogP contribution >= 0.6 is 0 Å². The summed E-state index contributed by atoms with van der Waals surface area (Å²) in [6, 6.07) is 25.2. The van der Waals surface area contributed by atoms with Crippen molar-refractivity contribution in [2.24, 2.45) is 0 Å². The summed E-state index contributed by atoms with van der Waals surface area (Å²) in [7, 11) is 1.52. The fraction of sp³-hybridized carbons (Fsp3) is 0.200. The van der Waals surface area contributed by atoms with Crippen molar-refractivity contribution in [2.75, 3.05) is 25.6 Å². The first-order valence-electron chi connectivity index (χ1n) is 9.97. The Balaban J connectivity index is 1.84. The van der Waals surface area contributed by atoms with E-state index >= 15 is 0 Å². The van der Waals surface area contributed by atoms with Crippen LogP contribution in [0.2, 0.25) is 0 Å². The van der Waals surface area contributed by atoms with Gasteiger partial charge in [-0.2, -0.15) is 0 Å². The van der Waals surface area contributed by atoms with Crippen molar-refractivity contribution in [3.63, 3.8) is 0 Å². The van der Waals surface area contributed by atoms with Crippen LogP contribution in [0, 0.1) is 0 Å². The largest absolute Gasteiger partial charge is 0.495 e. The molecule has 0 aliphatic heterocycles. The number of hydrogen-bond acceptors (Lipinski definition) is 5. The Hall–Kier alpha value is -3.64. The molecule has 3 aromatic carbocycles. The molecule has 0 aliphatic rings. The molecule has 6 heteroatoms. The molecule has 6 nitrogen and oxygen atoms in total. The van der Waals surface area contributed by atoms with Gasteiger partial charge in [0.05, 0.1) is 12.8 Å². The second kappa shape index (κ2) is 10.4. The zero-order valence-corrected chi connectivity index (χ0v) is 17.5. The number of para-hydroxylation sites is 2. The Morgan fingerprint density at radius 3 is 1.94 bits per heavy atom. The van der Waals surface area contributed by atoms with Crippen molar-refractivity contribution in [2.45, 2.75) is 12.5 Å². The molecule has 0 fully saturated rings. The predicted octanol–water partition coefficient (Wildman–Crippen LogP) is 4.16. The normalized spacial score (nSPS) is 10.9. The van der Waals surface area contributed by atoms with Crippen LogP contribution in [0.5, 0.6) is 5.75 Å². The van der Waals surface area contributed by atoms with E-state index in [1.54, 1.807) is 48.5 Å². The summed E-state index contributed by atoms with van der Waals surface area (Å²) in [6.45, 7) is 1.61. The van der Waals surface area contributed by atoms with Gasteiger partial charge in [0.25, 0.3) is 5.91 Å². The summed E-state index contributed by atoms with van der Waals surface area (Å²) in [6.07, 6.45) is 0. The van der Waals surface area contributed by atoms with Crippen LogP contribution in [0.4, 0.5) is 5.69 Å². The average Bonchev–Trinajstić information content (AvgIpc) is 2.82. The summed E-state index contributed by atoms with van der Waals surface area (Å²) in [5.41, 5.74) is 0.256. The lowest BCUT2D eigenvalue weighted by Crippen LogP contribution is -2.42. The molecule has 0 unspecified atom stereocenters. The standard InChI is InChI=1S/C25H25NO5/c1-3-31-25(19-12-6-4-7-13-19,20-14-8-5-9-15-20)24(28)30-18-23(27)26-21-16-10-11-17-22(21)29-2/h4-17H,3,18H2,1-2H3,(H,26,27). The van der Waals surface area contributed by atoms with E-state index in [1.807, 2.05) is 43.3 Å². The number of hydrogen-bond donors (Lipinski definition) is 1. The molecule has 0 bridgehead atoms. The molecule has 3 rings (SSSR count). The third-order valence-corrected chi connectivity index (χ3v) is 4.72.